The molecule has 3 rings (SSSR count). The van der Waals surface area contributed by atoms with Crippen molar-refractivity contribution in [1.82, 2.24) is 24.7 Å². The van der Waals surface area contributed by atoms with Gasteiger partial charge in [-0.25, -0.2) is 14.6 Å². The number of rotatable bonds is 6. The van der Waals surface area contributed by atoms with Crippen LogP contribution in [0.5, 0.6) is 11.8 Å². The highest BCUT2D eigenvalue weighted by Gasteiger charge is 2.21. The molecule has 0 amide bonds. The first-order valence-electron chi connectivity index (χ1n) is 7.83. The van der Waals surface area contributed by atoms with Crippen LogP contribution >= 0.6 is 0 Å². The van der Waals surface area contributed by atoms with Gasteiger partial charge in [-0.1, -0.05) is 0 Å². The first kappa shape index (κ1) is 17.3. The molecular formula is C15H16N6O5. The molecule has 136 valence electrons. The highest BCUT2D eigenvalue weighted by Crippen LogP contribution is 2.30. The summed E-state index contributed by atoms with van der Waals surface area (Å²) in [5.41, 5.74) is -0.188. The first-order chi connectivity index (χ1) is 12.5. The molecule has 0 saturated carbocycles. The van der Waals surface area contributed by atoms with E-state index in [1.54, 1.807) is 20.9 Å². The number of aromatic amines is 1. The summed E-state index contributed by atoms with van der Waals surface area (Å²) in [6.07, 6.45) is 1.08. The zero-order valence-corrected chi connectivity index (χ0v) is 14.3. The topological polar surface area (TPSA) is 138 Å². The van der Waals surface area contributed by atoms with Crippen LogP contribution in [0.15, 0.2) is 17.1 Å². The molecule has 0 radical (unpaired) electrons. The summed E-state index contributed by atoms with van der Waals surface area (Å²) in [6, 6.07) is 1.25. The molecule has 0 saturated heterocycles. The van der Waals surface area contributed by atoms with E-state index in [9.17, 15) is 14.9 Å². The fourth-order valence-electron chi connectivity index (χ4n) is 2.45. The number of nitro groups is 1. The summed E-state index contributed by atoms with van der Waals surface area (Å²) in [6.45, 7) is 4.20. The van der Waals surface area contributed by atoms with Crippen LogP contribution in [-0.4, -0.2) is 42.9 Å². The van der Waals surface area contributed by atoms with Crippen molar-refractivity contribution in [1.29, 1.82) is 0 Å². The minimum atomic E-state index is -0.585. The molecular weight excluding hydrogens is 344 g/mol. The van der Waals surface area contributed by atoms with Crippen LogP contribution in [0.3, 0.4) is 0 Å². The van der Waals surface area contributed by atoms with E-state index in [0.717, 1.165) is 6.20 Å². The molecule has 1 N–H and O–H groups in total. The molecule has 0 aliphatic rings. The Kier molecular flexibility index (Phi) is 4.52. The second-order valence-electron chi connectivity index (χ2n) is 5.21. The second-order valence-corrected chi connectivity index (χ2v) is 5.21. The molecule has 11 nitrogen and oxygen atoms in total. The van der Waals surface area contributed by atoms with Crippen molar-refractivity contribution in [3.8, 4) is 23.1 Å². The Bertz CT molecular complexity index is 1040. The van der Waals surface area contributed by atoms with E-state index in [4.69, 9.17) is 9.47 Å². The Morgan fingerprint density at radius 1 is 1.27 bits per heavy atom. The Labute approximate surface area is 146 Å². The second kappa shape index (κ2) is 6.78. The zero-order chi connectivity index (χ0) is 18.8. The standard InChI is InChI=1S/C15H16N6O5/c1-4-25-14-9(6-8(7-16-14)21(23)24)12-17-11-10(13(22)18-12)19-20(3)15(11)26-5-2/h6-7H,4-5H2,1-3H3,(H,17,18,22). The fourth-order valence-corrected chi connectivity index (χ4v) is 2.45. The van der Waals surface area contributed by atoms with Gasteiger partial charge in [0.25, 0.3) is 11.2 Å². The van der Waals surface area contributed by atoms with Crippen LogP contribution in [0.2, 0.25) is 0 Å². The summed E-state index contributed by atoms with van der Waals surface area (Å²) in [5.74, 6) is 0.532. The van der Waals surface area contributed by atoms with Crippen molar-refractivity contribution >= 4 is 16.7 Å². The molecule has 0 fully saturated rings. The Hall–Kier alpha value is -3.50. The van der Waals surface area contributed by atoms with Crippen molar-refractivity contribution in [2.45, 2.75) is 13.8 Å². The number of aromatic nitrogens is 5. The quantitative estimate of drug-likeness (QED) is 0.514. The summed E-state index contributed by atoms with van der Waals surface area (Å²) in [4.78, 5) is 33.8. The van der Waals surface area contributed by atoms with E-state index in [2.05, 4.69) is 20.1 Å². The lowest BCUT2D eigenvalue weighted by Crippen LogP contribution is -2.11. The molecule has 11 heteroatoms. The van der Waals surface area contributed by atoms with E-state index in [1.807, 2.05) is 0 Å². The van der Waals surface area contributed by atoms with Crippen LogP contribution in [-0.2, 0) is 7.05 Å². The maximum absolute atomic E-state index is 12.4. The predicted molar refractivity (Wildman–Crippen MR) is 91.4 cm³/mol. The summed E-state index contributed by atoms with van der Waals surface area (Å²) >= 11 is 0. The van der Waals surface area contributed by atoms with Gasteiger partial charge in [0.2, 0.25) is 11.8 Å². The van der Waals surface area contributed by atoms with Gasteiger partial charge < -0.3 is 14.5 Å². The third-order valence-electron chi connectivity index (χ3n) is 3.51. The SMILES string of the molecule is CCOc1ncc([N+](=O)[O-])cc1-c1nc2c(OCC)n(C)nc2c(=O)[nH]1. The van der Waals surface area contributed by atoms with Gasteiger partial charge >= 0.3 is 0 Å². The number of ether oxygens (including phenoxy) is 2. The normalized spacial score (nSPS) is 10.9. The Morgan fingerprint density at radius 2 is 2.00 bits per heavy atom. The van der Waals surface area contributed by atoms with Crippen molar-refractivity contribution < 1.29 is 14.4 Å². The largest absolute Gasteiger partial charge is 0.477 e. The summed E-state index contributed by atoms with van der Waals surface area (Å²) < 4.78 is 12.3. The van der Waals surface area contributed by atoms with E-state index in [1.165, 1.54) is 10.7 Å². The van der Waals surface area contributed by atoms with Gasteiger partial charge in [0.05, 0.1) is 23.7 Å². The third-order valence-corrected chi connectivity index (χ3v) is 3.51. The maximum Gasteiger partial charge on any atom is 0.288 e. The van der Waals surface area contributed by atoms with Gasteiger partial charge in [-0.3, -0.25) is 14.9 Å². The molecule has 0 spiro atoms. The van der Waals surface area contributed by atoms with Crippen LogP contribution in [0.1, 0.15) is 13.8 Å². The number of nitrogens with zero attached hydrogens (tertiary/aromatic N) is 5. The Balaban J connectivity index is 2.27. The van der Waals surface area contributed by atoms with Crippen LogP contribution < -0.4 is 15.0 Å². The van der Waals surface area contributed by atoms with E-state index in [0.29, 0.717) is 19.1 Å². The van der Waals surface area contributed by atoms with Crippen molar-refractivity contribution in [3.05, 3.63) is 32.7 Å². The molecule has 0 atom stereocenters. The average Bonchev–Trinajstić information content (AvgIpc) is 2.92. The van der Waals surface area contributed by atoms with Gasteiger partial charge in [-0.15, -0.1) is 0 Å². The van der Waals surface area contributed by atoms with Crippen molar-refractivity contribution in [2.75, 3.05) is 13.2 Å². The van der Waals surface area contributed by atoms with E-state index < -0.39 is 10.5 Å². The number of hydrogen-bond acceptors (Lipinski definition) is 8. The fraction of sp³-hybridized carbons (Fsp3) is 0.333. The number of nitrogens with one attached hydrogen (secondary N) is 1. The molecule has 3 aromatic rings. The lowest BCUT2D eigenvalue weighted by atomic mass is 10.2. The highest BCUT2D eigenvalue weighted by atomic mass is 16.6. The van der Waals surface area contributed by atoms with Gasteiger partial charge in [-0.05, 0) is 13.8 Å². The number of pyridine rings is 1. The number of hydrogen-bond donors (Lipinski definition) is 1. The highest BCUT2D eigenvalue weighted by molar-refractivity contribution is 5.81. The molecule has 0 aliphatic carbocycles. The van der Waals surface area contributed by atoms with Crippen LogP contribution in [0.4, 0.5) is 5.69 Å². The maximum atomic E-state index is 12.4. The van der Waals surface area contributed by atoms with Crippen molar-refractivity contribution in [3.63, 3.8) is 0 Å². The molecule has 0 bridgehead atoms. The van der Waals surface area contributed by atoms with Crippen molar-refractivity contribution in [2.24, 2.45) is 7.05 Å². The number of aryl methyl sites for hydroxylation is 1. The Morgan fingerprint density at radius 3 is 2.65 bits per heavy atom. The van der Waals surface area contributed by atoms with Gasteiger partial charge in [0, 0.05) is 13.1 Å². The molecule has 3 aromatic heterocycles. The predicted octanol–water partition coefficient (Wildman–Crippen LogP) is 1.42. The van der Waals surface area contributed by atoms with Crippen LogP contribution in [0, 0.1) is 10.1 Å². The molecule has 3 heterocycles. The number of H-pyrrole nitrogens is 1. The molecule has 26 heavy (non-hydrogen) atoms. The van der Waals surface area contributed by atoms with Gasteiger partial charge in [0.1, 0.15) is 12.0 Å². The zero-order valence-electron chi connectivity index (χ0n) is 14.3. The summed E-state index contributed by atoms with van der Waals surface area (Å²) in [7, 11) is 1.63. The van der Waals surface area contributed by atoms with Gasteiger partial charge in [-0.2, -0.15) is 5.10 Å². The monoisotopic (exact) mass is 360 g/mol. The van der Waals surface area contributed by atoms with E-state index >= 15 is 0 Å². The minimum Gasteiger partial charge on any atom is -0.477 e. The lowest BCUT2D eigenvalue weighted by molar-refractivity contribution is -0.385. The smallest absolute Gasteiger partial charge is 0.288 e. The van der Waals surface area contributed by atoms with Gasteiger partial charge in [0.15, 0.2) is 11.0 Å². The molecule has 0 unspecified atom stereocenters. The van der Waals surface area contributed by atoms with Crippen LogP contribution in [0.25, 0.3) is 22.4 Å². The van der Waals surface area contributed by atoms with E-state index in [-0.39, 0.29) is 34.0 Å². The average molecular weight is 360 g/mol. The first-order valence-corrected chi connectivity index (χ1v) is 7.83. The third kappa shape index (κ3) is 2.94. The molecule has 0 aromatic carbocycles. The molecule has 0 aliphatic heterocycles. The lowest BCUT2D eigenvalue weighted by Gasteiger charge is -2.08. The summed E-state index contributed by atoms with van der Waals surface area (Å²) in [5, 5.41) is 15.2. The number of fused-ring (bicyclic) bond motifs is 1. The minimum absolute atomic E-state index is 0.0797.